The summed E-state index contributed by atoms with van der Waals surface area (Å²) in [5.74, 6) is 6.64. The third kappa shape index (κ3) is 13.0. The summed E-state index contributed by atoms with van der Waals surface area (Å²) >= 11 is 0. The zero-order valence-corrected chi connectivity index (χ0v) is 22.9. The van der Waals surface area contributed by atoms with Crippen LogP contribution in [0.3, 0.4) is 0 Å². The Morgan fingerprint density at radius 2 is 1.00 bits per heavy atom. The lowest BCUT2D eigenvalue weighted by Crippen LogP contribution is -3.00. The number of nitrogens with two attached hydrogens (primary N) is 2. The molecule has 0 bridgehead atoms. The molecule has 0 aromatic carbocycles. The van der Waals surface area contributed by atoms with E-state index >= 15 is 0 Å². The van der Waals surface area contributed by atoms with Crippen LogP contribution in [0, 0.1) is 23.7 Å². The van der Waals surface area contributed by atoms with E-state index in [9.17, 15) is 0 Å². The Bertz CT molecular complexity index is 331. The van der Waals surface area contributed by atoms with Gasteiger partial charge in [0, 0.05) is 11.8 Å². The average molecular weight is 502 g/mol. The molecule has 2 rings (SSSR count). The van der Waals surface area contributed by atoms with E-state index in [0.717, 1.165) is 23.7 Å². The zero-order valence-electron chi connectivity index (χ0n) is 19.8. The maximum absolute atomic E-state index is 2.61. The smallest absolute Gasteiger partial charge is 0.0855 e. The van der Waals surface area contributed by atoms with Crippen LogP contribution in [0.5, 0.6) is 0 Å². The fraction of sp³-hybridized carbons (Fsp3) is 1.00. The fourth-order valence-corrected chi connectivity index (χ4v) is 7.69. The summed E-state index contributed by atoms with van der Waals surface area (Å²) in [5.41, 5.74) is 0. The van der Waals surface area contributed by atoms with Crippen molar-refractivity contribution in [1.29, 1.82) is 0 Å². The predicted molar refractivity (Wildman–Crippen MR) is 129 cm³/mol. The Balaban J connectivity index is 0.00000420. The summed E-state index contributed by atoms with van der Waals surface area (Å²) in [7, 11) is 4.21. The Labute approximate surface area is 208 Å². The van der Waals surface area contributed by atoms with Crippen LogP contribution in [-0.2, 0) is 0 Å². The molecule has 30 heavy (non-hydrogen) atoms. The summed E-state index contributed by atoms with van der Waals surface area (Å²) in [6.45, 7) is 10.2. The Hall–Kier alpha value is 1.20. The lowest BCUT2D eigenvalue weighted by atomic mass is 9.79. The van der Waals surface area contributed by atoms with Crippen LogP contribution in [0.1, 0.15) is 90.9 Å². The standard InChI is InChI=1S/C24H48N2S2.2ClH/c1-3-21(23-11-7-5-8-12-23)19-25-15-17-27-28-18-16-26-20-22(4-2)24-13-9-6-10-14-24;;/h21-26H,3-20H2,1-2H3;2*1H. The normalized spacial score (nSPS) is 20.2. The molecule has 2 aliphatic rings. The van der Waals surface area contributed by atoms with Crippen molar-refractivity contribution in [1.82, 2.24) is 0 Å². The molecule has 0 heterocycles. The number of hydrogen-bond acceptors (Lipinski definition) is 2. The van der Waals surface area contributed by atoms with E-state index in [0.29, 0.717) is 0 Å². The number of halogens is 2. The second-order valence-electron chi connectivity index (χ2n) is 9.40. The maximum atomic E-state index is 2.61. The van der Waals surface area contributed by atoms with Gasteiger partial charge in [-0.15, -0.1) is 0 Å². The molecule has 2 atom stereocenters. The molecule has 2 saturated carbocycles. The van der Waals surface area contributed by atoms with E-state index in [4.69, 9.17) is 0 Å². The molecule has 2 fully saturated rings. The molecule has 2 aliphatic carbocycles. The van der Waals surface area contributed by atoms with E-state index in [1.807, 2.05) is 0 Å². The summed E-state index contributed by atoms with van der Waals surface area (Å²) in [6.07, 6.45) is 17.7. The molecule has 0 spiro atoms. The first kappa shape index (κ1) is 31.2. The van der Waals surface area contributed by atoms with E-state index < -0.39 is 0 Å². The predicted octanol–water partition coefficient (Wildman–Crippen LogP) is -1.28. The van der Waals surface area contributed by atoms with Crippen molar-refractivity contribution in [2.75, 3.05) is 37.7 Å². The average Bonchev–Trinajstić information content (AvgIpc) is 2.76. The van der Waals surface area contributed by atoms with E-state index in [-0.39, 0.29) is 24.8 Å². The first-order chi connectivity index (χ1) is 13.8. The molecule has 182 valence electrons. The Morgan fingerprint density at radius 3 is 1.33 bits per heavy atom. The van der Waals surface area contributed by atoms with Gasteiger partial charge in [0.15, 0.2) is 0 Å². The quantitative estimate of drug-likeness (QED) is 0.217. The third-order valence-electron chi connectivity index (χ3n) is 7.51. The van der Waals surface area contributed by atoms with E-state index in [2.05, 4.69) is 46.1 Å². The third-order valence-corrected chi connectivity index (χ3v) is 9.99. The number of quaternary nitrogens is 2. The Morgan fingerprint density at radius 1 is 0.633 bits per heavy atom. The monoisotopic (exact) mass is 500 g/mol. The van der Waals surface area contributed by atoms with Crippen molar-refractivity contribution >= 4 is 21.6 Å². The van der Waals surface area contributed by atoms with Crippen LogP contribution in [-0.4, -0.2) is 37.7 Å². The Kier molecular flexibility index (Phi) is 21.6. The highest BCUT2D eigenvalue weighted by Gasteiger charge is 2.24. The van der Waals surface area contributed by atoms with Gasteiger partial charge >= 0.3 is 0 Å². The molecule has 4 N–H and O–H groups in total. The van der Waals surface area contributed by atoms with Crippen molar-refractivity contribution in [2.45, 2.75) is 90.9 Å². The van der Waals surface area contributed by atoms with Crippen LogP contribution in [0.4, 0.5) is 0 Å². The van der Waals surface area contributed by atoms with Gasteiger partial charge in [0.05, 0.1) is 37.7 Å². The molecule has 0 aromatic heterocycles. The SMILES string of the molecule is CCC(C[NH2+]CCSSCC[NH2+]CC(CC)C1CCCCC1)C1CCCCC1.[Cl-].[Cl-]. The topological polar surface area (TPSA) is 33.2 Å². The largest absolute Gasteiger partial charge is 1.00 e. The van der Waals surface area contributed by atoms with Crippen LogP contribution < -0.4 is 35.4 Å². The molecule has 2 nitrogen and oxygen atoms in total. The molecule has 0 aliphatic heterocycles. The summed E-state index contributed by atoms with van der Waals surface area (Å²) in [6, 6.07) is 0. The molecule has 0 saturated heterocycles. The van der Waals surface area contributed by atoms with Gasteiger partial charge in [0.25, 0.3) is 0 Å². The highest BCUT2D eigenvalue weighted by Crippen LogP contribution is 2.31. The second-order valence-corrected chi connectivity index (χ2v) is 12.1. The van der Waals surface area contributed by atoms with Crippen molar-refractivity contribution < 1.29 is 35.4 Å². The highest BCUT2D eigenvalue weighted by atomic mass is 35.5. The minimum Gasteiger partial charge on any atom is -1.00 e. The van der Waals surface area contributed by atoms with Crippen molar-refractivity contribution in [3.05, 3.63) is 0 Å². The van der Waals surface area contributed by atoms with Gasteiger partial charge in [-0.25, -0.2) is 0 Å². The van der Waals surface area contributed by atoms with Gasteiger partial charge in [-0.05, 0) is 50.4 Å². The van der Waals surface area contributed by atoms with Gasteiger partial charge in [-0.1, -0.05) is 74.0 Å². The molecule has 0 amide bonds. The van der Waals surface area contributed by atoms with Crippen molar-refractivity contribution in [2.24, 2.45) is 23.7 Å². The van der Waals surface area contributed by atoms with Crippen LogP contribution in [0.15, 0.2) is 0 Å². The molecule has 6 heteroatoms. The number of hydrogen-bond donors (Lipinski definition) is 2. The zero-order chi connectivity index (χ0) is 19.9. The maximum Gasteiger partial charge on any atom is 0.0855 e. The van der Waals surface area contributed by atoms with Gasteiger partial charge in [0.1, 0.15) is 0 Å². The minimum absolute atomic E-state index is 0. The first-order valence-corrected chi connectivity index (χ1v) is 15.2. The minimum atomic E-state index is 0. The molecular weight excluding hydrogens is 451 g/mol. The summed E-state index contributed by atoms with van der Waals surface area (Å²) in [4.78, 5) is 0. The molecular formula is C24H50Cl2N2S2. The molecule has 2 unspecified atom stereocenters. The molecule has 0 radical (unpaired) electrons. The van der Waals surface area contributed by atoms with Gasteiger partial charge in [-0.3, -0.25) is 0 Å². The summed E-state index contributed by atoms with van der Waals surface area (Å²) < 4.78 is 0. The highest BCUT2D eigenvalue weighted by molar-refractivity contribution is 8.76. The van der Waals surface area contributed by atoms with E-state index in [1.165, 1.54) is 115 Å². The van der Waals surface area contributed by atoms with Crippen LogP contribution in [0.2, 0.25) is 0 Å². The lowest BCUT2D eigenvalue weighted by Gasteiger charge is -2.28. The lowest BCUT2D eigenvalue weighted by molar-refractivity contribution is -0.658. The van der Waals surface area contributed by atoms with Crippen LogP contribution >= 0.6 is 21.6 Å². The first-order valence-electron chi connectivity index (χ1n) is 12.7. The molecule has 0 aromatic rings. The van der Waals surface area contributed by atoms with Crippen molar-refractivity contribution in [3.63, 3.8) is 0 Å². The van der Waals surface area contributed by atoms with Crippen LogP contribution in [0.25, 0.3) is 0 Å². The van der Waals surface area contributed by atoms with Gasteiger partial charge in [-0.2, -0.15) is 0 Å². The van der Waals surface area contributed by atoms with Gasteiger partial charge in [0.2, 0.25) is 0 Å². The van der Waals surface area contributed by atoms with E-state index in [1.54, 1.807) is 0 Å². The van der Waals surface area contributed by atoms with Crippen molar-refractivity contribution in [3.8, 4) is 0 Å². The van der Waals surface area contributed by atoms with Gasteiger partial charge < -0.3 is 35.4 Å². The fourth-order valence-electron chi connectivity index (χ4n) is 5.64. The second kappa shape index (κ2) is 20.8. The summed E-state index contributed by atoms with van der Waals surface area (Å²) in [5, 5.41) is 5.22. The number of rotatable bonds is 15.